The van der Waals surface area contributed by atoms with Gasteiger partial charge >= 0.3 is 5.97 Å². The molecule has 0 unspecified atom stereocenters. The molecular weight excluding hydrogens is 298 g/mol. The molecule has 8 nitrogen and oxygen atoms in total. The molecule has 124 valence electrons. The number of fused-ring (bicyclic) bond motifs is 3. The van der Waals surface area contributed by atoms with Gasteiger partial charge in [-0.25, -0.2) is 4.79 Å². The molecule has 0 aromatic carbocycles. The molecule has 2 N–H and O–H groups in total. The summed E-state index contributed by atoms with van der Waals surface area (Å²) in [5, 5.41) is 9.96. The molecule has 2 aromatic rings. The van der Waals surface area contributed by atoms with Crippen LogP contribution in [0.2, 0.25) is 0 Å². The number of esters is 1. The highest BCUT2D eigenvalue weighted by Crippen LogP contribution is 2.33. The lowest BCUT2D eigenvalue weighted by molar-refractivity contribution is 0.0519. The zero-order chi connectivity index (χ0) is 16.6. The van der Waals surface area contributed by atoms with Crippen molar-refractivity contribution in [3.05, 3.63) is 27.3 Å². The fourth-order valence-electron chi connectivity index (χ4n) is 2.91. The number of carbonyl (C=O) groups is 1. The van der Waals surface area contributed by atoms with Crippen molar-refractivity contribution in [2.45, 2.75) is 26.3 Å². The van der Waals surface area contributed by atoms with E-state index in [2.05, 4.69) is 20.2 Å². The Kier molecular flexibility index (Phi) is 4.08. The lowest BCUT2D eigenvalue weighted by Gasteiger charge is -2.15. The third-order valence-electron chi connectivity index (χ3n) is 4.02. The second-order valence-corrected chi connectivity index (χ2v) is 5.85. The van der Waals surface area contributed by atoms with Crippen LogP contribution in [0.1, 0.15) is 28.7 Å². The van der Waals surface area contributed by atoms with Crippen LogP contribution in [0.25, 0.3) is 11.3 Å². The Morgan fingerprint density at radius 2 is 2.13 bits per heavy atom. The maximum atomic E-state index is 12.3. The number of rotatable bonds is 5. The Balaban J connectivity index is 2.10. The minimum atomic E-state index is -0.456. The lowest BCUT2D eigenvalue weighted by Crippen LogP contribution is -2.21. The summed E-state index contributed by atoms with van der Waals surface area (Å²) in [6.07, 6.45) is 1.32. The first-order valence-corrected chi connectivity index (χ1v) is 7.74. The molecule has 0 spiro atoms. The van der Waals surface area contributed by atoms with Gasteiger partial charge in [0.05, 0.1) is 24.4 Å². The lowest BCUT2D eigenvalue weighted by atomic mass is 9.94. The number of hydrogen-bond donors (Lipinski definition) is 2. The van der Waals surface area contributed by atoms with Crippen LogP contribution < -0.4 is 5.56 Å². The van der Waals surface area contributed by atoms with Crippen LogP contribution in [0, 0.1) is 0 Å². The Labute approximate surface area is 133 Å². The number of carbonyl (C=O) groups excluding carboxylic acids is 1. The highest BCUT2D eigenvalue weighted by molar-refractivity contribution is 5.96. The van der Waals surface area contributed by atoms with Crippen molar-refractivity contribution >= 4 is 5.97 Å². The van der Waals surface area contributed by atoms with Gasteiger partial charge in [-0.3, -0.25) is 19.7 Å². The molecule has 0 radical (unpaired) electrons. The Morgan fingerprint density at radius 3 is 2.83 bits per heavy atom. The molecule has 0 amide bonds. The molecule has 0 atom stereocenters. The van der Waals surface area contributed by atoms with Crippen molar-refractivity contribution in [3.63, 3.8) is 0 Å². The van der Waals surface area contributed by atoms with Crippen LogP contribution in [0.5, 0.6) is 0 Å². The summed E-state index contributed by atoms with van der Waals surface area (Å²) in [6.45, 7) is 3.54. The van der Waals surface area contributed by atoms with Crippen LogP contribution in [0.4, 0.5) is 0 Å². The molecule has 3 rings (SSSR count). The summed E-state index contributed by atoms with van der Waals surface area (Å²) in [5.41, 5.74) is 3.14. The number of aromatic amines is 2. The minimum Gasteiger partial charge on any atom is -0.461 e. The van der Waals surface area contributed by atoms with E-state index in [0.717, 1.165) is 12.2 Å². The quantitative estimate of drug-likeness (QED) is 0.778. The van der Waals surface area contributed by atoms with E-state index in [1.807, 2.05) is 18.8 Å². The molecule has 1 aliphatic carbocycles. The third-order valence-corrected chi connectivity index (χ3v) is 4.02. The Hall–Kier alpha value is -2.35. The van der Waals surface area contributed by atoms with Crippen molar-refractivity contribution < 1.29 is 9.53 Å². The molecule has 2 heterocycles. The summed E-state index contributed by atoms with van der Waals surface area (Å²) in [4.78, 5) is 26.2. The summed E-state index contributed by atoms with van der Waals surface area (Å²) in [6, 6.07) is 0. The fourth-order valence-corrected chi connectivity index (χ4v) is 2.91. The predicted molar refractivity (Wildman–Crippen MR) is 84.6 cm³/mol. The Bertz CT molecular complexity index is 784. The fraction of sp³-hybridized carbons (Fsp3) is 0.533. The van der Waals surface area contributed by atoms with Gasteiger partial charge in [0.2, 0.25) is 0 Å². The van der Waals surface area contributed by atoms with Gasteiger partial charge in [-0.15, -0.1) is 0 Å². The molecule has 0 bridgehead atoms. The summed E-state index contributed by atoms with van der Waals surface area (Å²) < 4.78 is 6.98. The van der Waals surface area contributed by atoms with Gasteiger partial charge in [-0.2, -0.15) is 5.10 Å². The first kappa shape index (κ1) is 15.5. The molecule has 2 aromatic heterocycles. The summed E-state index contributed by atoms with van der Waals surface area (Å²) >= 11 is 0. The van der Waals surface area contributed by atoms with E-state index in [0.29, 0.717) is 36.2 Å². The third kappa shape index (κ3) is 2.70. The number of likely N-dealkylation sites (N-methyl/N-ethyl adjacent to an activating group) is 1. The van der Waals surface area contributed by atoms with E-state index in [-0.39, 0.29) is 17.9 Å². The molecular formula is C15H21N5O3. The monoisotopic (exact) mass is 319 g/mol. The Morgan fingerprint density at radius 1 is 1.35 bits per heavy atom. The number of ether oxygens (including phenoxy) is 1. The first-order valence-electron chi connectivity index (χ1n) is 7.74. The normalized spacial score (nSPS) is 13.0. The van der Waals surface area contributed by atoms with Gasteiger partial charge in [0.1, 0.15) is 0 Å². The van der Waals surface area contributed by atoms with Crippen molar-refractivity contribution in [2.24, 2.45) is 0 Å². The molecule has 23 heavy (non-hydrogen) atoms. The smallest absolute Gasteiger partial charge is 0.359 e. The van der Waals surface area contributed by atoms with E-state index in [4.69, 9.17) is 4.74 Å². The van der Waals surface area contributed by atoms with Gasteiger partial charge in [0, 0.05) is 17.8 Å². The number of nitrogens with one attached hydrogen (secondary N) is 2. The molecule has 0 aliphatic heterocycles. The van der Waals surface area contributed by atoms with Crippen molar-refractivity contribution in [3.8, 4) is 11.3 Å². The molecule has 0 saturated heterocycles. The van der Waals surface area contributed by atoms with E-state index >= 15 is 0 Å². The minimum absolute atomic E-state index is 0.137. The highest BCUT2D eigenvalue weighted by atomic mass is 16.5. The van der Waals surface area contributed by atoms with E-state index in [1.54, 1.807) is 6.92 Å². The predicted octanol–water partition coefficient (Wildman–Crippen LogP) is 0.403. The average molecular weight is 319 g/mol. The second kappa shape index (κ2) is 6.04. The molecule has 0 fully saturated rings. The van der Waals surface area contributed by atoms with E-state index in [1.165, 1.54) is 0 Å². The summed E-state index contributed by atoms with van der Waals surface area (Å²) in [7, 11) is 3.98. The number of hydrogen-bond acceptors (Lipinski definition) is 5. The van der Waals surface area contributed by atoms with Crippen LogP contribution >= 0.6 is 0 Å². The van der Waals surface area contributed by atoms with Gasteiger partial charge in [-0.05, 0) is 33.9 Å². The highest BCUT2D eigenvalue weighted by Gasteiger charge is 2.31. The van der Waals surface area contributed by atoms with Crippen molar-refractivity contribution in [2.75, 3.05) is 27.2 Å². The van der Waals surface area contributed by atoms with Crippen LogP contribution in [0.3, 0.4) is 0 Å². The molecule has 1 aliphatic rings. The van der Waals surface area contributed by atoms with E-state index in [9.17, 15) is 9.59 Å². The van der Waals surface area contributed by atoms with Gasteiger partial charge in [0.25, 0.3) is 5.56 Å². The number of H-pyrrole nitrogens is 2. The van der Waals surface area contributed by atoms with Crippen LogP contribution in [-0.2, 0) is 24.1 Å². The summed E-state index contributed by atoms with van der Waals surface area (Å²) in [5.74, 6) is -0.456. The van der Waals surface area contributed by atoms with E-state index < -0.39 is 5.97 Å². The zero-order valence-electron chi connectivity index (χ0n) is 13.6. The maximum Gasteiger partial charge on any atom is 0.359 e. The topological polar surface area (TPSA) is 96.0 Å². The van der Waals surface area contributed by atoms with Crippen LogP contribution in [-0.4, -0.2) is 58.1 Å². The second-order valence-electron chi connectivity index (χ2n) is 5.85. The average Bonchev–Trinajstić information content (AvgIpc) is 3.06. The van der Waals surface area contributed by atoms with Crippen molar-refractivity contribution in [1.29, 1.82) is 0 Å². The number of nitrogens with zero attached hydrogens (tertiary/aromatic N) is 3. The standard InChI is InChI=1S/C15H21N5O3/c1-4-23-15(22)13-11-10(20(18-13)8-7-19(2)3)6-5-9-12(11)16-17-14(9)21/h4-8H2,1-3H3,(H2,16,17,21). The van der Waals surface area contributed by atoms with Crippen LogP contribution in [0.15, 0.2) is 4.79 Å². The van der Waals surface area contributed by atoms with Crippen molar-refractivity contribution in [1.82, 2.24) is 24.9 Å². The SMILES string of the molecule is CCOC(=O)c1nn(CCN(C)C)c2c1-c1[nH][nH]c(=O)c1CC2. The molecule has 0 saturated carbocycles. The zero-order valence-corrected chi connectivity index (χ0v) is 13.6. The maximum absolute atomic E-state index is 12.3. The van der Waals surface area contributed by atoms with Gasteiger partial charge in [0.15, 0.2) is 5.69 Å². The largest absolute Gasteiger partial charge is 0.461 e. The number of aromatic nitrogens is 4. The molecule has 8 heteroatoms. The first-order chi connectivity index (χ1) is 11.0. The van der Waals surface area contributed by atoms with Gasteiger partial charge < -0.3 is 9.64 Å². The van der Waals surface area contributed by atoms with Gasteiger partial charge in [-0.1, -0.05) is 0 Å².